The van der Waals surface area contributed by atoms with Crippen LogP contribution in [0.5, 0.6) is 0 Å². The summed E-state index contributed by atoms with van der Waals surface area (Å²) in [7, 11) is 0. The number of aryl methyl sites for hydroxylation is 1. The number of hydrogen-bond donors (Lipinski definition) is 2. The van der Waals surface area contributed by atoms with Crippen molar-refractivity contribution in [3.8, 4) is 0 Å². The predicted molar refractivity (Wildman–Crippen MR) is 72.7 cm³/mol. The molecule has 0 aliphatic carbocycles. The summed E-state index contributed by atoms with van der Waals surface area (Å²) in [5.74, 6) is 0. The van der Waals surface area contributed by atoms with Gasteiger partial charge in [-0.05, 0) is 43.9 Å². The number of ether oxygens (including phenoxy) is 1. The molecule has 94 valence electrons. The minimum Gasteiger partial charge on any atom is -0.398 e. The Morgan fingerprint density at radius 1 is 1.53 bits per heavy atom. The Bertz CT molecular complexity index is 389. The molecule has 1 saturated heterocycles. The molecule has 17 heavy (non-hydrogen) atoms. The molecular weight excluding hydrogens is 236 g/mol. The van der Waals surface area contributed by atoms with E-state index in [4.69, 9.17) is 22.1 Å². The van der Waals surface area contributed by atoms with Crippen molar-refractivity contribution in [2.24, 2.45) is 0 Å². The molecular formula is C13H19ClN2O. The summed E-state index contributed by atoms with van der Waals surface area (Å²) in [6, 6.07) is 3.79. The van der Waals surface area contributed by atoms with Crippen molar-refractivity contribution < 1.29 is 4.74 Å². The van der Waals surface area contributed by atoms with Crippen molar-refractivity contribution in [3.05, 3.63) is 22.7 Å². The zero-order valence-corrected chi connectivity index (χ0v) is 10.9. The molecule has 1 atom stereocenters. The standard InChI is InChI=1S/C13H19ClN2O/c1-9-7-12(15)11(14)8-13(9)16-5-4-10-3-2-6-17-10/h7-8,10,16H,2-6,15H2,1H3. The van der Waals surface area contributed by atoms with Gasteiger partial charge in [0, 0.05) is 18.8 Å². The summed E-state index contributed by atoms with van der Waals surface area (Å²) >= 11 is 6.00. The van der Waals surface area contributed by atoms with Crippen LogP contribution in [0, 0.1) is 6.92 Å². The van der Waals surface area contributed by atoms with Gasteiger partial charge in [0.1, 0.15) is 0 Å². The van der Waals surface area contributed by atoms with E-state index in [1.165, 1.54) is 12.8 Å². The lowest BCUT2D eigenvalue weighted by Crippen LogP contribution is -2.13. The second-order valence-corrected chi connectivity index (χ2v) is 4.95. The molecule has 4 heteroatoms. The first kappa shape index (κ1) is 12.5. The lowest BCUT2D eigenvalue weighted by Gasteiger charge is -2.13. The first-order valence-corrected chi connectivity index (χ1v) is 6.45. The monoisotopic (exact) mass is 254 g/mol. The molecule has 2 rings (SSSR count). The Morgan fingerprint density at radius 3 is 3.06 bits per heavy atom. The number of nitrogens with two attached hydrogens (primary N) is 1. The van der Waals surface area contributed by atoms with Crippen molar-refractivity contribution in [1.29, 1.82) is 0 Å². The van der Waals surface area contributed by atoms with Crippen LogP contribution >= 0.6 is 11.6 Å². The van der Waals surface area contributed by atoms with Crippen molar-refractivity contribution in [1.82, 2.24) is 0 Å². The van der Waals surface area contributed by atoms with E-state index in [1.807, 2.05) is 19.1 Å². The Labute approximate surface area is 107 Å². The normalized spacial score (nSPS) is 19.5. The molecule has 1 aromatic carbocycles. The van der Waals surface area contributed by atoms with Crippen molar-refractivity contribution in [3.63, 3.8) is 0 Å². The Morgan fingerprint density at radius 2 is 2.35 bits per heavy atom. The summed E-state index contributed by atoms with van der Waals surface area (Å²) in [5.41, 5.74) is 8.55. The topological polar surface area (TPSA) is 47.3 Å². The van der Waals surface area contributed by atoms with Gasteiger partial charge in [0.25, 0.3) is 0 Å². The molecule has 0 aromatic heterocycles. The van der Waals surface area contributed by atoms with Crippen LogP contribution in [0.4, 0.5) is 11.4 Å². The van der Waals surface area contributed by atoms with Crippen LogP contribution in [-0.2, 0) is 4.74 Å². The van der Waals surface area contributed by atoms with E-state index in [2.05, 4.69) is 5.32 Å². The van der Waals surface area contributed by atoms with Gasteiger partial charge in [0.15, 0.2) is 0 Å². The first-order valence-electron chi connectivity index (χ1n) is 6.08. The number of nitrogens with one attached hydrogen (secondary N) is 1. The average molecular weight is 255 g/mol. The van der Waals surface area contributed by atoms with Gasteiger partial charge >= 0.3 is 0 Å². The van der Waals surface area contributed by atoms with Gasteiger partial charge in [-0.2, -0.15) is 0 Å². The number of rotatable bonds is 4. The second-order valence-electron chi connectivity index (χ2n) is 4.54. The largest absolute Gasteiger partial charge is 0.398 e. The van der Waals surface area contributed by atoms with Crippen molar-refractivity contribution in [2.75, 3.05) is 24.2 Å². The van der Waals surface area contributed by atoms with Gasteiger partial charge in [-0.25, -0.2) is 0 Å². The highest BCUT2D eigenvalue weighted by Gasteiger charge is 2.14. The van der Waals surface area contributed by atoms with Crippen LogP contribution in [-0.4, -0.2) is 19.3 Å². The molecule has 3 nitrogen and oxygen atoms in total. The fraction of sp³-hybridized carbons (Fsp3) is 0.538. The second kappa shape index (κ2) is 5.61. The molecule has 0 spiro atoms. The van der Waals surface area contributed by atoms with Crippen LogP contribution in [0.2, 0.25) is 5.02 Å². The van der Waals surface area contributed by atoms with E-state index in [1.54, 1.807) is 0 Å². The lowest BCUT2D eigenvalue weighted by molar-refractivity contribution is 0.107. The molecule has 1 aliphatic rings. The number of benzene rings is 1. The molecule has 1 heterocycles. The number of hydrogen-bond acceptors (Lipinski definition) is 3. The van der Waals surface area contributed by atoms with E-state index in [0.29, 0.717) is 16.8 Å². The highest BCUT2D eigenvalue weighted by Crippen LogP contribution is 2.26. The summed E-state index contributed by atoms with van der Waals surface area (Å²) in [4.78, 5) is 0. The van der Waals surface area contributed by atoms with Gasteiger partial charge in [0.05, 0.1) is 16.8 Å². The third-order valence-corrected chi connectivity index (χ3v) is 3.48. The molecule has 3 N–H and O–H groups in total. The highest BCUT2D eigenvalue weighted by atomic mass is 35.5. The summed E-state index contributed by atoms with van der Waals surface area (Å²) < 4.78 is 5.58. The van der Waals surface area contributed by atoms with Crippen molar-refractivity contribution in [2.45, 2.75) is 32.3 Å². The van der Waals surface area contributed by atoms with E-state index in [-0.39, 0.29) is 0 Å². The van der Waals surface area contributed by atoms with E-state index in [9.17, 15) is 0 Å². The molecule has 0 amide bonds. The smallest absolute Gasteiger partial charge is 0.0656 e. The maximum absolute atomic E-state index is 6.00. The SMILES string of the molecule is Cc1cc(N)c(Cl)cc1NCCC1CCCO1. The molecule has 0 saturated carbocycles. The molecule has 0 bridgehead atoms. The van der Waals surface area contributed by atoms with Crippen LogP contribution in [0.25, 0.3) is 0 Å². The summed E-state index contributed by atoms with van der Waals surface area (Å²) in [6.07, 6.45) is 3.84. The zero-order chi connectivity index (χ0) is 12.3. The van der Waals surface area contributed by atoms with Gasteiger partial charge < -0.3 is 15.8 Å². The van der Waals surface area contributed by atoms with Crippen LogP contribution in [0.15, 0.2) is 12.1 Å². The molecule has 1 aromatic rings. The summed E-state index contributed by atoms with van der Waals surface area (Å²) in [5, 5.41) is 3.99. The third kappa shape index (κ3) is 3.27. The van der Waals surface area contributed by atoms with Crippen LogP contribution in [0.3, 0.4) is 0 Å². The van der Waals surface area contributed by atoms with Gasteiger partial charge in [-0.3, -0.25) is 0 Å². The molecule has 1 unspecified atom stereocenters. The van der Waals surface area contributed by atoms with Gasteiger partial charge in [-0.15, -0.1) is 0 Å². The predicted octanol–water partition coefficient (Wildman–Crippen LogP) is 3.21. The van der Waals surface area contributed by atoms with E-state index in [0.717, 1.165) is 30.8 Å². The highest BCUT2D eigenvalue weighted by molar-refractivity contribution is 6.33. The fourth-order valence-corrected chi connectivity index (χ4v) is 2.30. The lowest BCUT2D eigenvalue weighted by atomic mass is 10.1. The molecule has 0 radical (unpaired) electrons. The number of anilines is 2. The first-order chi connectivity index (χ1) is 8.16. The van der Waals surface area contributed by atoms with Gasteiger partial charge in [-0.1, -0.05) is 11.6 Å². The minimum atomic E-state index is 0.423. The third-order valence-electron chi connectivity index (χ3n) is 3.15. The number of nitrogen functional groups attached to an aromatic ring is 1. The minimum absolute atomic E-state index is 0.423. The maximum Gasteiger partial charge on any atom is 0.0656 e. The Hall–Kier alpha value is -0.930. The Kier molecular flexibility index (Phi) is 4.13. The molecule has 1 aliphatic heterocycles. The van der Waals surface area contributed by atoms with Crippen LogP contribution in [0.1, 0.15) is 24.8 Å². The molecule has 1 fully saturated rings. The van der Waals surface area contributed by atoms with Gasteiger partial charge in [0.2, 0.25) is 0 Å². The quantitative estimate of drug-likeness (QED) is 0.811. The van der Waals surface area contributed by atoms with Crippen molar-refractivity contribution >= 4 is 23.0 Å². The van der Waals surface area contributed by atoms with E-state index < -0.39 is 0 Å². The van der Waals surface area contributed by atoms with Crippen LogP contribution < -0.4 is 11.1 Å². The average Bonchev–Trinajstić information content (AvgIpc) is 2.78. The zero-order valence-electron chi connectivity index (χ0n) is 10.1. The van der Waals surface area contributed by atoms with E-state index >= 15 is 0 Å². The fourth-order valence-electron chi connectivity index (χ4n) is 2.13. The maximum atomic E-state index is 6.00. The Balaban J connectivity index is 1.87. The number of halogens is 1. The summed E-state index contributed by atoms with van der Waals surface area (Å²) in [6.45, 7) is 3.85.